The minimum Gasteiger partial charge on any atom is -0.261 e. The van der Waals surface area contributed by atoms with Crippen molar-refractivity contribution in [2.45, 2.75) is 70.1 Å². The lowest BCUT2D eigenvalue weighted by Crippen LogP contribution is -2.23. The van der Waals surface area contributed by atoms with E-state index in [-0.39, 0.29) is 19.3 Å². The number of fused-ring (bicyclic) bond motifs is 1. The quantitative estimate of drug-likeness (QED) is 0.458. The molecule has 4 nitrogen and oxygen atoms in total. The Kier molecular flexibility index (Phi) is 5.79. The van der Waals surface area contributed by atoms with Gasteiger partial charge in [0.25, 0.3) is 5.92 Å². The van der Waals surface area contributed by atoms with Gasteiger partial charge in [0.05, 0.1) is 17.7 Å². The Balaban J connectivity index is 0.00000289. The zero-order valence-corrected chi connectivity index (χ0v) is 18.1. The summed E-state index contributed by atoms with van der Waals surface area (Å²) in [6, 6.07) is 9.16. The number of aromatic nitrogens is 3. The standard InChI is InChI=1S/C25H28F2N4.H2/c1-3-24(2,16-28)19-11-18(21-9-10-29-23-22(21)15-30-31-23)12-20(13-19)25(26,27)14-17-7-5-4-6-8-17;/h9-13,15,17H,3-8,14H2,1-2H3,(H,29,30,31);1H. The Morgan fingerprint density at radius 1 is 1.19 bits per heavy atom. The number of nitrogens with one attached hydrogen (secondary N) is 1. The van der Waals surface area contributed by atoms with E-state index in [9.17, 15) is 5.26 Å². The molecule has 1 saturated carbocycles. The summed E-state index contributed by atoms with van der Waals surface area (Å²) >= 11 is 0. The summed E-state index contributed by atoms with van der Waals surface area (Å²) in [4.78, 5) is 4.26. The van der Waals surface area contributed by atoms with E-state index in [2.05, 4.69) is 21.3 Å². The van der Waals surface area contributed by atoms with E-state index in [4.69, 9.17) is 0 Å². The van der Waals surface area contributed by atoms with Crippen LogP contribution in [0, 0.1) is 17.2 Å². The summed E-state index contributed by atoms with van der Waals surface area (Å²) in [5.74, 6) is -2.90. The molecule has 0 aliphatic heterocycles. The number of pyridine rings is 1. The van der Waals surface area contributed by atoms with E-state index in [1.807, 2.05) is 26.0 Å². The maximum atomic E-state index is 15.6. The molecule has 0 spiro atoms. The van der Waals surface area contributed by atoms with E-state index in [0.29, 0.717) is 23.2 Å². The Hall–Kier alpha value is -2.81. The highest BCUT2D eigenvalue weighted by molar-refractivity contribution is 5.92. The van der Waals surface area contributed by atoms with Crippen LogP contribution < -0.4 is 0 Å². The van der Waals surface area contributed by atoms with Gasteiger partial charge >= 0.3 is 0 Å². The van der Waals surface area contributed by atoms with Crippen LogP contribution in [0.1, 0.15) is 71.3 Å². The minimum absolute atomic E-state index is 0. The fourth-order valence-corrected chi connectivity index (χ4v) is 4.63. The first-order chi connectivity index (χ1) is 14.9. The number of hydrogen-bond acceptors (Lipinski definition) is 3. The van der Waals surface area contributed by atoms with Crippen molar-refractivity contribution >= 4 is 11.0 Å². The van der Waals surface area contributed by atoms with Gasteiger partial charge in [0.1, 0.15) is 0 Å². The maximum absolute atomic E-state index is 15.6. The van der Waals surface area contributed by atoms with E-state index >= 15 is 8.78 Å². The average Bonchev–Trinajstić information content (AvgIpc) is 3.27. The smallest absolute Gasteiger partial charge is 0.261 e. The zero-order chi connectivity index (χ0) is 22.1. The third-order valence-corrected chi connectivity index (χ3v) is 6.88. The van der Waals surface area contributed by atoms with Crippen molar-refractivity contribution in [3.05, 3.63) is 47.8 Å². The molecule has 1 unspecified atom stereocenters. The van der Waals surface area contributed by atoms with Crippen molar-refractivity contribution in [2.75, 3.05) is 0 Å². The van der Waals surface area contributed by atoms with Crippen LogP contribution in [0.2, 0.25) is 0 Å². The van der Waals surface area contributed by atoms with Crippen LogP contribution >= 0.6 is 0 Å². The van der Waals surface area contributed by atoms with Crippen LogP contribution in [0.15, 0.2) is 36.7 Å². The second kappa shape index (κ2) is 8.37. The lowest BCUT2D eigenvalue weighted by Gasteiger charge is -2.28. The molecule has 1 aromatic carbocycles. The van der Waals surface area contributed by atoms with Gasteiger partial charge in [-0.25, -0.2) is 13.8 Å². The highest BCUT2D eigenvalue weighted by Gasteiger charge is 2.37. The molecule has 1 aliphatic carbocycles. The molecule has 164 valence electrons. The zero-order valence-electron chi connectivity index (χ0n) is 18.1. The number of nitrogens with zero attached hydrogens (tertiary/aromatic N) is 3. The molecule has 2 aromatic heterocycles. The van der Waals surface area contributed by atoms with Crippen molar-refractivity contribution in [3.8, 4) is 17.2 Å². The molecule has 3 aromatic rings. The molecule has 6 heteroatoms. The Bertz CT molecular complexity index is 1110. The molecular formula is C25H30F2N4. The molecule has 31 heavy (non-hydrogen) atoms. The number of nitriles is 1. The van der Waals surface area contributed by atoms with Gasteiger partial charge in [0.2, 0.25) is 0 Å². The lowest BCUT2D eigenvalue weighted by molar-refractivity contribution is -0.0335. The van der Waals surface area contributed by atoms with Crippen LogP contribution in [0.5, 0.6) is 0 Å². The van der Waals surface area contributed by atoms with Crippen molar-refractivity contribution in [2.24, 2.45) is 5.92 Å². The number of hydrogen-bond donors (Lipinski definition) is 1. The van der Waals surface area contributed by atoms with Gasteiger partial charge in [-0.05, 0) is 60.2 Å². The van der Waals surface area contributed by atoms with E-state index in [1.165, 1.54) is 0 Å². The normalized spacial score (nSPS) is 17.4. The molecule has 4 rings (SSSR count). The van der Waals surface area contributed by atoms with E-state index in [0.717, 1.165) is 43.1 Å². The summed E-state index contributed by atoms with van der Waals surface area (Å²) in [6.07, 6.45) is 8.65. The van der Waals surface area contributed by atoms with Crippen molar-refractivity contribution < 1.29 is 10.2 Å². The summed E-state index contributed by atoms with van der Waals surface area (Å²) < 4.78 is 31.1. The van der Waals surface area contributed by atoms with Gasteiger partial charge in [-0.15, -0.1) is 0 Å². The summed E-state index contributed by atoms with van der Waals surface area (Å²) in [6.45, 7) is 3.73. The number of alkyl halides is 2. The summed E-state index contributed by atoms with van der Waals surface area (Å²) in [5.41, 5.74) is 1.84. The molecule has 0 bridgehead atoms. The fraction of sp³-hybridized carbons (Fsp3) is 0.480. The number of benzene rings is 1. The highest BCUT2D eigenvalue weighted by atomic mass is 19.3. The predicted molar refractivity (Wildman–Crippen MR) is 120 cm³/mol. The first-order valence-electron chi connectivity index (χ1n) is 11.1. The molecule has 1 atom stereocenters. The predicted octanol–water partition coefficient (Wildman–Crippen LogP) is 7.12. The van der Waals surface area contributed by atoms with Gasteiger partial charge in [0.15, 0.2) is 5.65 Å². The first-order valence-corrected chi connectivity index (χ1v) is 11.1. The van der Waals surface area contributed by atoms with Gasteiger partial charge in [0, 0.05) is 25.0 Å². The third-order valence-electron chi connectivity index (χ3n) is 6.88. The molecule has 1 fully saturated rings. The molecule has 1 aliphatic rings. The fourth-order valence-electron chi connectivity index (χ4n) is 4.63. The van der Waals surface area contributed by atoms with E-state index in [1.54, 1.807) is 24.5 Å². The Morgan fingerprint density at radius 3 is 2.65 bits per heavy atom. The molecule has 0 radical (unpaired) electrons. The van der Waals surface area contributed by atoms with Crippen molar-refractivity contribution in [1.82, 2.24) is 15.2 Å². The number of aromatic amines is 1. The van der Waals surface area contributed by atoms with E-state index < -0.39 is 11.3 Å². The van der Waals surface area contributed by atoms with Crippen LogP contribution in [0.3, 0.4) is 0 Å². The third kappa shape index (κ3) is 4.19. The number of rotatable bonds is 6. The highest BCUT2D eigenvalue weighted by Crippen LogP contribution is 2.43. The van der Waals surface area contributed by atoms with Crippen molar-refractivity contribution in [3.63, 3.8) is 0 Å². The maximum Gasteiger partial charge on any atom is 0.273 e. The van der Waals surface area contributed by atoms with Crippen LogP contribution in [-0.2, 0) is 11.3 Å². The van der Waals surface area contributed by atoms with Gasteiger partial charge < -0.3 is 0 Å². The number of H-pyrrole nitrogens is 1. The summed E-state index contributed by atoms with van der Waals surface area (Å²) in [7, 11) is 0. The minimum atomic E-state index is -2.95. The van der Waals surface area contributed by atoms with Crippen molar-refractivity contribution in [1.29, 1.82) is 5.26 Å². The van der Waals surface area contributed by atoms with Gasteiger partial charge in [-0.2, -0.15) is 10.4 Å². The van der Waals surface area contributed by atoms with Crippen LogP contribution in [-0.4, -0.2) is 15.2 Å². The molecule has 0 saturated heterocycles. The average molecular weight is 425 g/mol. The number of halogens is 2. The topological polar surface area (TPSA) is 65.4 Å². The SMILES string of the molecule is CCC(C)(C#N)c1cc(-c2ccnc3[nH]ncc23)cc(C(F)(F)CC2CCCCC2)c1.[HH]. The molecule has 2 heterocycles. The second-order valence-corrected chi connectivity index (χ2v) is 9.00. The monoisotopic (exact) mass is 424 g/mol. The Labute approximate surface area is 183 Å². The summed E-state index contributed by atoms with van der Waals surface area (Å²) in [5, 5.41) is 17.5. The first kappa shape index (κ1) is 21.4. The van der Waals surface area contributed by atoms with Crippen LogP contribution in [0.4, 0.5) is 8.78 Å². The molecule has 0 amide bonds. The van der Waals surface area contributed by atoms with Gasteiger partial charge in [-0.1, -0.05) is 39.0 Å². The lowest BCUT2D eigenvalue weighted by atomic mass is 9.78. The largest absolute Gasteiger partial charge is 0.273 e. The Morgan fingerprint density at radius 2 is 1.94 bits per heavy atom. The van der Waals surface area contributed by atoms with Crippen LogP contribution in [0.25, 0.3) is 22.2 Å². The second-order valence-electron chi connectivity index (χ2n) is 9.00. The van der Waals surface area contributed by atoms with Gasteiger partial charge in [-0.3, -0.25) is 5.10 Å². The molecule has 1 N–H and O–H groups in total. The molecular weight excluding hydrogens is 394 g/mol.